The van der Waals surface area contributed by atoms with Gasteiger partial charge in [-0.25, -0.2) is 0 Å². The normalized spacial score (nSPS) is 56.5. The van der Waals surface area contributed by atoms with Crippen LogP contribution in [0.15, 0.2) is 0 Å². The molecule has 1 N–H and O–H groups in total. The lowest BCUT2D eigenvalue weighted by Gasteiger charge is -2.52. The van der Waals surface area contributed by atoms with Crippen LogP contribution in [0.5, 0.6) is 0 Å². The van der Waals surface area contributed by atoms with Crippen LogP contribution in [0.4, 0.5) is 0 Å². The highest BCUT2D eigenvalue weighted by Crippen LogP contribution is 2.53. The van der Waals surface area contributed by atoms with E-state index in [9.17, 15) is 5.11 Å². The van der Waals surface area contributed by atoms with Gasteiger partial charge in [0.1, 0.15) is 0 Å². The minimum Gasteiger partial charge on any atom is -0.393 e. The molecule has 3 aliphatic rings. The van der Waals surface area contributed by atoms with E-state index < -0.39 is 0 Å². The quantitative estimate of drug-likeness (QED) is 0.567. The van der Waals surface area contributed by atoms with Gasteiger partial charge in [0.15, 0.2) is 0 Å². The van der Waals surface area contributed by atoms with Gasteiger partial charge < -0.3 is 5.11 Å². The fraction of sp³-hybridized carbons (Fsp3) is 1.00. The standard InChI is InChI=1S/C10H18O/c1-7-5-8-3-4-10(7,2)9(11)6-8/h7-9,11H,3-6H2,1-2H3. The highest BCUT2D eigenvalue weighted by molar-refractivity contribution is 4.98. The van der Waals surface area contributed by atoms with Crippen LogP contribution in [0.2, 0.25) is 0 Å². The molecule has 0 aromatic heterocycles. The van der Waals surface area contributed by atoms with Crippen LogP contribution in [0.1, 0.15) is 39.5 Å². The van der Waals surface area contributed by atoms with E-state index in [1.54, 1.807) is 0 Å². The van der Waals surface area contributed by atoms with Gasteiger partial charge in [-0.05, 0) is 42.9 Å². The van der Waals surface area contributed by atoms with Gasteiger partial charge in [-0.3, -0.25) is 0 Å². The average molecular weight is 154 g/mol. The second-order valence-electron chi connectivity index (χ2n) is 4.80. The maximum absolute atomic E-state index is 9.83. The minimum absolute atomic E-state index is 0.00926. The van der Waals surface area contributed by atoms with Crippen LogP contribution in [-0.4, -0.2) is 11.2 Å². The third kappa shape index (κ3) is 0.936. The van der Waals surface area contributed by atoms with E-state index >= 15 is 0 Å². The monoisotopic (exact) mass is 154 g/mol. The maximum Gasteiger partial charge on any atom is 0.0599 e. The summed E-state index contributed by atoms with van der Waals surface area (Å²) in [7, 11) is 0. The zero-order valence-electron chi connectivity index (χ0n) is 7.51. The van der Waals surface area contributed by atoms with Gasteiger partial charge in [-0.15, -0.1) is 0 Å². The molecule has 1 heteroatoms. The first-order valence-corrected chi connectivity index (χ1v) is 4.81. The van der Waals surface area contributed by atoms with Crippen molar-refractivity contribution in [2.75, 3.05) is 0 Å². The summed E-state index contributed by atoms with van der Waals surface area (Å²) in [5.74, 6) is 1.58. The Morgan fingerprint density at radius 3 is 2.55 bits per heavy atom. The van der Waals surface area contributed by atoms with Crippen molar-refractivity contribution in [3.8, 4) is 0 Å². The van der Waals surface area contributed by atoms with E-state index in [1.807, 2.05) is 0 Å². The molecule has 4 unspecified atom stereocenters. The SMILES string of the molecule is CC1CC2CCC1(C)C(O)C2. The molecule has 1 nitrogen and oxygen atoms in total. The molecule has 11 heavy (non-hydrogen) atoms. The van der Waals surface area contributed by atoms with Gasteiger partial charge in [0.2, 0.25) is 0 Å². The van der Waals surface area contributed by atoms with Gasteiger partial charge >= 0.3 is 0 Å². The molecule has 3 fully saturated rings. The molecule has 2 bridgehead atoms. The average Bonchev–Trinajstić information content (AvgIpc) is 1.94. The summed E-state index contributed by atoms with van der Waals surface area (Å²) in [6.07, 6.45) is 5.02. The Morgan fingerprint density at radius 2 is 2.09 bits per heavy atom. The smallest absolute Gasteiger partial charge is 0.0599 e. The largest absolute Gasteiger partial charge is 0.393 e. The van der Waals surface area contributed by atoms with Gasteiger partial charge in [-0.2, -0.15) is 0 Å². The van der Waals surface area contributed by atoms with Crippen molar-refractivity contribution in [2.24, 2.45) is 17.3 Å². The Bertz CT molecular complexity index is 152. The van der Waals surface area contributed by atoms with E-state index in [2.05, 4.69) is 13.8 Å². The van der Waals surface area contributed by atoms with Crippen molar-refractivity contribution in [3.63, 3.8) is 0 Å². The fourth-order valence-electron chi connectivity index (χ4n) is 2.94. The number of fused-ring (bicyclic) bond motifs is 3. The van der Waals surface area contributed by atoms with Crippen LogP contribution >= 0.6 is 0 Å². The zero-order chi connectivity index (χ0) is 8.06. The molecular weight excluding hydrogens is 136 g/mol. The number of aliphatic hydroxyl groups is 1. The summed E-state index contributed by atoms with van der Waals surface area (Å²) in [5, 5.41) is 9.83. The van der Waals surface area contributed by atoms with E-state index in [1.165, 1.54) is 19.3 Å². The second-order valence-corrected chi connectivity index (χ2v) is 4.80. The van der Waals surface area contributed by atoms with Crippen molar-refractivity contribution in [1.82, 2.24) is 0 Å². The van der Waals surface area contributed by atoms with Crippen molar-refractivity contribution in [3.05, 3.63) is 0 Å². The molecule has 4 atom stereocenters. The highest BCUT2D eigenvalue weighted by Gasteiger charge is 2.48. The molecule has 0 spiro atoms. The summed E-state index contributed by atoms with van der Waals surface area (Å²) in [6, 6.07) is 0. The lowest BCUT2D eigenvalue weighted by molar-refractivity contribution is -0.0995. The second kappa shape index (κ2) is 2.22. The van der Waals surface area contributed by atoms with Crippen LogP contribution in [0.3, 0.4) is 0 Å². The highest BCUT2D eigenvalue weighted by atomic mass is 16.3. The minimum atomic E-state index is -0.00926. The molecule has 3 rings (SSSR count). The third-order valence-electron chi connectivity index (χ3n) is 4.22. The summed E-state index contributed by atoms with van der Waals surface area (Å²) >= 11 is 0. The number of hydrogen-bond acceptors (Lipinski definition) is 1. The van der Waals surface area contributed by atoms with Gasteiger partial charge in [0, 0.05) is 0 Å². The Labute approximate surface area is 68.8 Å². The molecule has 64 valence electrons. The number of aliphatic hydroxyl groups excluding tert-OH is 1. The number of hydrogen-bond donors (Lipinski definition) is 1. The van der Waals surface area contributed by atoms with Crippen LogP contribution in [-0.2, 0) is 0 Å². The predicted molar refractivity (Wildman–Crippen MR) is 45.2 cm³/mol. The summed E-state index contributed by atoms with van der Waals surface area (Å²) in [5.41, 5.74) is 0.259. The van der Waals surface area contributed by atoms with E-state index in [-0.39, 0.29) is 11.5 Å². The lowest BCUT2D eigenvalue weighted by Crippen LogP contribution is -2.48. The Kier molecular flexibility index (Phi) is 1.54. The Hall–Kier alpha value is -0.0400. The van der Waals surface area contributed by atoms with Crippen molar-refractivity contribution < 1.29 is 5.11 Å². The van der Waals surface area contributed by atoms with Crippen molar-refractivity contribution in [1.29, 1.82) is 0 Å². The molecule has 0 aromatic rings. The summed E-state index contributed by atoms with van der Waals surface area (Å²) < 4.78 is 0. The first-order chi connectivity index (χ1) is 5.13. The van der Waals surface area contributed by atoms with Gasteiger partial charge in [0.25, 0.3) is 0 Å². The van der Waals surface area contributed by atoms with Crippen molar-refractivity contribution >= 4 is 0 Å². The Balaban J connectivity index is 2.23. The molecule has 0 aliphatic heterocycles. The first-order valence-electron chi connectivity index (χ1n) is 4.81. The number of rotatable bonds is 0. The van der Waals surface area contributed by atoms with Gasteiger partial charge in [0.05, 0.1) is 6.10 Å². The predicted octanol–water partition coefficient (Wildman–Crippen LogP) is 2.19. The fourth-order valence-corrected chi connectivity index (χ4v) is 2.94. The zero-order valence-corrected chi connectivity index (χ0v) is 7.51. The first kappa shape index (κ1) is 7.60. The van der Waals surface area contributed by atoms with Crippen LogP contribution in [0.25, 0.3) is 0 Å². The maximum atomic E-state index is 9.83. The topological polar surface area (TPSA) is 20.2 Å². The summed E-state index contributed by atoms with van der Waals surface area (Å²) in [4.78, 5) is 0. The molecule has 0 heterocycles. The van der Waals surface area contributed by atoms with E-state index in [0.717, 1.165) is 18.3 Å². The lowest BCUT2D eigenvalue weighted by atomic mass is 9.55. The van der Waals surface area contributed by atoms with Crippen LogP contribution < -0.4 is 0 Å². The molecule has 3 saturated carbocycles. The molecule has 0 radical (unpaired) electrons. The molecule has 0 amide bonds. The van der Waals surface area contributed by atoms with E-state index in [4.69, 9.17) is 0 Å². The van der Waals surface area contributed by atoms with Crippen molar-refractivity contribution in [2.45, 2.75) is 45.6 Å². The molecule has 0 saturated heterocycles. The summed E-state index contributed by atoms with van der Waals surface area (Å²) in [6.45, 7) is 4.56. The van der Waals surface area contributed by atoms with Crippen LogP contribution in [0, 0.1) is 17.3 Å². The van der Waals surface area contributed by atoms with Gasteiger partial charge in [-0.1, -0.05) is 13.8 Å². The van der Waals surface area contributed by atoms with E-state index in [0.29, 0.717) is 0 Å². The molecule has 0 aromatic carbocycles. The third-order valence-corrected chi connectivity index (χ3v) is 4.22. The molecule has 3 aliphatic carbocycles. The molecular formula is C10H18O. The Morgan fingerprint density at radius 1 is 1.36 bits per heavy atom.